The Labute approximate surface area is 152 Å². The van der Waals surface area contributed by atoms with E-state index in [0.29, 0.717) is 28.5 Å². The van der Waals surface area contributed by atoms with Crippen LogP contribution in [0.25, 0.3) is 0 Å². The van der Waals surface area contributed by atoms with Gasteiger partial charge >= 0.3 is 0 Å². The standard InChI is InChI=1S/C18H19ClN2O3S/c1-12-5-7-15(19)11-16(12)20-18(22)14-6-8-17-13(10-14)4-3-9-21(17)25(2,23)24/h5-8,10-11H,3-4,9H2,1-2H3,(H,20,22). The number of rotatable bonds is 3. The Morgan fingerprint density at radius 2 is 1.96 bits per heavy atom. The molecule has 5 nitrogen and oxygen atoms in total. The second kappa shape index (κ2) is 6.69. The zero-order chi connectivity index (χ0) is 18.2. The Morgan fingerprint density at radius 3 is 2.68 bits per heavy atom. The van der Waals surface area contributed by atoms with Gasteiger partial charge in [-0.2, -0.15) is 0 Å². The fourth-order valence-corrected chi connectivity index (χ4v) is 4.14. The number of carbonyl (C=O) groups excluding carboxylic acids is 1. The number of nitrogens with one attached hydrogen (secondary N) is 1. The van der Waals surface area contributed by atoms with Gasteiger partial charge in [-0.05, 0) is 61.2 Å². The Bertz CT molecular complexity index is 941. The maximum Gasteiger partial charge on any atom is 0.255 e. The van der Waals surface area contributed by atoms with E-state index in [1.807, 2.05) is 13.0 Å². The average molecular weight is 379 g/mol. The Balaban J connectivity index is 1.89. The molecule has 2 aromatic carbocycles. The summed E-state index contributed by atoms with van der Waals surface area (Å²) in [7, 11) is -3.31. The summed E-state index contributed by atoms with van der Waals surface area (Å²) < 4.78 is 25.2. The molecule has 0 aliphatic carbocycles. The summed E-state index contributed by atoms with van der Waals surface area (Å²) >= 11 is 5.99. The number of anilines is 2. The molecular weight excluding hydrogens is 360 g/mol. The van der Waals surface area contributed by atoms with Gasteiger partial charge in [0, 0.05) is 22.8 Å². The second-order valence-corrected chi connectivity index (χ2v) is 8.54. The van der Waals surface area contributed by atoms with Gasteiger partial charge in [0.05, 0.1) is 11.9 Å². The molecule has 1 amide bonds. The predicted molar refractivity (Wildman–Crippen MR) is 101 cm³/mol. The molecule has 0 radical (unpaired) electrons. The molecule has 0 aromatic heterocycles. The quantitative estimate of drug-likeness (QED) is 0.887. The summed E-state index contributed by atoms with van der Waals surface area (Å²) in [5.41, 5.74) is 3.59. The molecular formula is C18H19ClN2O3S. The third-order valence-electron chi connectivity index (χ3n) is 4.27. The number of benzene rings is 2. The first-order valence-corrected chi connectivity index (χ1v) is 10.2. The van der Waals surface area contributed by atoms with Crippen LogP contribution in [-0.4, -0.2) is 27.1 Å². The minimum Gasteiger partial charge on any atom is -0.322 e. The molecule has 3 rings (SSSR count). The second-order valence-electron chi connectivity index (χ2n) is 6.20. The van der Waals surface area contributed by atoms with Crippen LogP contribution in [0.1, 0.15) is 27.9 Å². The van der Waals surface area contributed by atoms with Crippen LogP contribution in [0.3, 0.4) is 0 Å². The first-order chi connectivity index (χ1) is 11.8. The van der Waals surface area contributed by atoms with Crippen molar-refractivity contribution in [1.29, 1.82) is 0 Å². The molecule has 25 heavy (non-hydrogen) atoms. The molecule has 0 saturated heterocycles. The van der Waals surface area contributed by atoms with E-state index in [1.54, 1.807) is 30.3 Å². The van der Waals surface area contributed by atoms with Gasteiger partial charge in [-0.3, -0.25) is 9.10 Å². The molecule has 7 heteroatoms. The van der Waals surface area contributed by atoms with E-state index < -0.39 is 10.0 Å². The highest BCUT2D eigenvalue weighted by Gasteiger charge is 2.24. The van der Waals surface area contributed by atoms with E-state index in [9.17, 15) is 13.2 Å². The van der Waals surface area contributed by atoms with Crippen LogP contribution < -0.4 is 9.62 Å². The number of aryl methyl sites for hydroxylation is 2. The van der Waals surface area contributed by atoms with Crippen molar-refractivity contribution in [3.8, 4) is 0 Å². The Morgan fingerprint density at radius 1 is 1.20 bits per heavy atom. The first-order valence-electron chi connectivity index (χ1n) is 7.94. The average Bonchev–Trinajstić information content (AvgIpc) is 2.56. The zero-order valence-corrected chi connectivity index (χ0v) is 15.6. The molecule has 2 aromatic rings. The number of hydrogen-bond donors (Lipinski definition) is 1. The van der Waals surface area contributed by atoms with Gasteiger partial charge in [-0.15, -0.1) is 0 Å². The number of sulfonamides is 1. The Hall–Kier alpha value is -2.05. The summed E-state index contributed by atoms with van der Waals surface area (Å²) in [5, 5.41) is 3.41. The van der Waals surface area contributed by atoms with Gasteiger partial charge in [-0.1, -0.05) is 17.7 Å². The van der Waals surface area contributed by atoms with E-state index in [4.69, 9.17) is 11.6 Å². The van der Waals surface area contributed by atoms with Crippen molar-refractivity contribution in [2.45, 2.75) is 19.8 Å². The molecule has 0 spiro atoms. The molecule has 0 bridgehead atoms. The lowest BCUT2D eigenvalue weighted by molar-refractivity contribution is 0.102. The van der Waals surface area contributed by atoms with Crippen molar-refractivity contribution in [3.63, 3.8) is 0 Å². The van der Waals surface area contributed by atoms with Crippen LogP contribution in [0.15, 0.2) is 36.4 Å². The summed E-state index contributed by atoms with van der Waals surface area (Å²) in [6.07, 6.45) is 2.68. The molecule has 0 saturated carbocycles. The highest BCUT2D eigenvalue weighted by molar-refractivity contribution is 7.92. The number of amides is 1. The summed E-state index contributed by atoms with van der Waals surface area (Å²) in [6, 6.07) is 10.4. The number of fused-ring (bicyclic) bond motifs is 1. The lowest BCUT2D eigenvalue weighted by atomic mass is 10.0. The van der Waals surface area contributed by atoms with Crippen molar-refractivity contribution >= 4 is 38.9 Å². The smallest absolute Gasteiger partial charge is 0.255 e. The molecule has 0 atom stereocenters. The summed E-state index contributed by atoms with van der Waals surface area (Å²) in [6.45, 7) is 2.36. The van der Waals surface area contributed by atoms with Crippen LogP contribution in [-0.2, 0) is 16.4 Å². The van der Waals surface area contributed by atoms with Crippen molar-refractivity contribution in [1.82, 2.24) is 0 Å². The van der Waals surface area contributed by atoms with Gasteiger partial charge in [0.15, 0.2) is 0 Å². The van der Waals surface area contributed by atoms with Crippen LogP contribution >= 0.6 is 11.6 Å². The maximum absolute atomic E-state index is 12.6. The minimum atomic E-state index is -3.31. The minimum absolute atomic E-state index is 0.246. The summed E-state index contributed by atoms with van der Waals surface area (Å²) in [4.78, 5) is 12.6. The van der Waals surface area contributed by atoms with E-state index >= 15 is 0 Å². The molecule has 1 aliphatic rings. The number of carbonyl (C=O) groups is 1. The molecule has 1 N–H and O–H groups in total. The first kappa shape index (κ1) is 17.8. The number of halogens is 1. The van der Waals surface area contributed by atoms with Crippen molar-refractivity contribution in [2.24, 2.45) is 0 Å². The highest BCUT2D eigenvalue weighted by atomic mass is 35.5. The van der Waals surface area contributed by atoms with Gasteiger partial charge in [0.25, 0.3) is 5.91 Å². The topological polar surface area (TPSA) is 66.5 Å². The van der Waals surface area contributed by atoms with Gasteiger partial charge in [0.1, 0.15) is 0 Å². The molecule has 132 valence electrons. The maximum atomic E-state index is 12.6. The third kappa shape index (κ3) is 3.80. The monoisotopic (exact) mass is 378 g/mol. The van der Waals surface area contributed by atoms with E-state index in [2.05, 4.69) is 5.32 Å². The summed E-state index contributed by atoms with van der Waals surface area (Å²) in [5.74, 6) is -0.246. The highest BCUT2D eigenvalue weighted by Crippen LogP contribution is 2.30. The van der Waals surface area contributed by atoms with E-state index in [0.717, 1.165) is 24.0 Å². The fourth-order valence-electron chi connectivity index (χ4n) is 2.97. The van der Waals surface area contributed by atoms with E-state index in [1.165, 1.54) is 10.6 Å². The molecule has 0 unspecified atom stereocenters. The van der Waals surface area contributed by atoms with Crippen molar-refractivity contribution in [2.75, 3.05) is 22.4 Å². The lowest BCUT2D eigenvalue weighted by Crippen LogP contribution is -2.34. The van der Waals surface area contributed by atoms with Crippen molar-refractivity contribution < 1.29 is 13.2 Å². The van der Waals surface area contributed by atoms with Crippen LogP contribution in [0.5, 0.6) is 0 Å². The Kier molecular flexibility index (Phi) is 4.75. The molecule has 1 aliphatic heterocycles. The van der Waals surface area contributed by atoms with Crippen LogP contribution in [0, 0.1) is 6.92 Å². The predicted octanol–water partition coefficient (Wildman–Crippen LogP) is 3.61. The van der Waals surface area contributed by atoms with E-state index in [-0.39, 0.29) is 5.91 Å². The largest absolute Gasteiger partial charge is 0.322 e. The van der Waals surface area contributed by atoms with Gasteiger partial charge in [-0.25, -0.2) is 8.42 Å². The number of hydrogen-bond acceptors (Lipinski definition) is 3. The lowest BCUT2D eigenvalue weighted by Gasteiger charge is -2.29. The van der Waals surface area contributed by atoms with Crippen molar-refractivity contribution in [3.05, 3.63) is 58.1 Å². The molecule has 0 fully saturated rings. The zero-order valence-electron chi connectivity index (χ0n) is 14.0. The van der Waals surface area contributed by atoms with Crippen LogP contribution in [0.4, 0.5) is 11.4 Å². The van der Waals surface area contributed by atoms with Gasteiger partial charge in [0.2, 0.25) is 10.0 Å². The SMILES string of the molecule is Cc1ccc(Cl)cc1NC(=O)c1ccc2c(c1)CCCN2S(C)(=O)=O. The fraction of sp³-hybridized carbons (Fsp3) is 0.278. The van der Waals surface area contributed by atoms with Crippen LogP contribution in [0.2, 0.25) is 5.02 Å². The number of nitrogens with zero attached hydrogens (tertiary/aromatic N) is 1. The third-order valence-corrected chi connectivity index (χ3v) is 5.68. The normalized spacial score (nSPS) is 14.1. The van der Waals surface area contributed by atoms with Gasteiger partial charge < -0.3 is 5.32 Å². The molecule has 1 heterocycles.